The number of hydrogen-bond acceptors (Lipinski definition) is 3. The summed E-state index contributed by atoms with van der Waals surface area (Å²) in [4.78, 5) is 25.8. The molecule has 1 aliphatic carbocycles. The standard InChI is InChI=1S/C20H21NO4/c1-25-18-8-3-2-6-16(18)13-21(17-9-10-17)19(22)12-14-5-4-7-15(11-14)20(23)24/h2-8,11,17H,9-10,12-13H2,1H3,(H,23,24). The maximum absolute atomic E-state index is 12.8. The van der Waals surface area contributed by atoms with E-state index < -0.39 is 5.97 Å². The molecule has 2 aromatic carbocycles. The van der Waals surface area contributed by atoms with Crippen LogP contribution in [0.3, 0.4) is 0 Å². The molecule has 1 saturated carbocycles. The van der Waals surface area contributed by atoms with Crippen molar-refractivity contribution in [2.75, 3.05) is 7.11 Å². The van der Waals surface area contributed by atoms with Crippen LogP contribution in [0, 0.1) is 0 Å². The summed E-state index contributed by atoms with van der Waals surface area (Å²) in [6.07, 6.45) is 2.22. The summed E-state index contributed by atoms with van der Waals surface area (Å²) >= 11 is 0. The lowest BCUT2D eigenvalue weighted by atomic mass is 10.1. The van der Waals surface area contributed by atoms with Crippen molar-refractivity contribution in [3.8, 4) is 5.75 Å². The van der Waals surface area contributed by atoms with Gasteiger partial charge in [0.25, 0.3) is 0 Å². The molecular formula is C20H21NO4. The third-order valence-electron chi connectivity index (χ3n) is 4.37. The van der Waals surface area contributed by atoms with Crippen LogP contribution in [0.15, 0.2) is 48.5 Å². The van der Waals surface area contributed by atoms with Crippen molar-refractivity contribution in [1.82, 2.24) is 4.90 Å². The highest BCUT2D eigenvalue weighted by Gasteiger charge is 2.32. The highest BCUT2D eigenvalue weighted by atomic mass is 16.5. The van der Waals surface area contributed by atoms with Gasteiger partial charge in [-0.3, -0.25) is 4.79 Å². The van der Waals surface area contributed by atoms with Gasteiger partial charge in [-0.05, 0) is 36.6 Å². The molecule has 25 heavy (non-hydrogen) atoms. The van der Waals surface area contributed by atoms with Crippen LogP contribution in [-0.2, 0) is 17.8 Å². The average Bonchev–Trinajstić information content (AvgIpc) is 3.45. The Morgan fingerprint density at radius 3 is 2.60 bits per heavy atom. The van der Waals surface area contributed by atoms with Gasteiger partial charge < -0.3 is 14.7 Å². The first-order valence-electron chi connectivity index (χ1n) is 8.32. The van der Waals surface area contributed by atoms with Crippen molar-refractivity contribution in [2.45, 2.75) is 31.8 Å². The van der Waals surface area contributed by atoms with Crippen molar-refractivity contribution in [3.63, 3.8) is 0 Å². The Balaban J connectivity index is 1.76. The third-order valence-corrected chi connectivity index (χ3v) is 4.37. The number of aromatic carboxylic acids is 1. The molecule has 0 spiro atoms. The van der Waals surface area contributed by atoms with Crippen LogP contribution < -0.4 is 4.74 Å². The van der Waals surface area contributed by atoms with Gasteiger partial charge in [0.2, 0.25) is 5.91 Å². The van der Waals surface area contributed by atoms with Crippen molar-refractivity contribution >= 4 is 11.9 Å². The molecule has 130 valence electrons. The molecule has 2 aromatic rings. The summed E-state index contributed by atoms with van der Waals surface area (Å²) in [5.41, 5.74) is 1.90. The normalized spacial score (nSPS) is 13.3. The van der Waals surface area contributed by atoms with Gasteiger partial charge in [0.1, 0.15) is 5.75 Å². The van der Waals surface area contributed by atoms with E-state index in [1.54, 1.807) is 25.3 Å². The summed E-state index contributed by atoms with van der Waals surface area (Å²) in [6.45, 7) is 0.506. The fraction of sp³-hybridized carbons (Fsp3) is 0.300. The first kappa shape index (κ1) is 17.0. The topological polar surface area (TPSA) is 66.8 Å². The Hall–Kier alpha value is -2.82. The van der Waals surface area contributed by atoms with Crippen LogP contribution in [0.25, 0.3) is 0 Å². The van der Waals surface area contributed by atoms with Gasteiger partial charge in [0.15, 0.2) is 0 Å². The molecular weight excluding hydrogens is 318 g/mol. The Morgan fingerprint density at radius 1 is 1.16 bits per heavy atom. The summed E-state index contributed by atoms with van der Waals surface area (Å²) in [5, 5.41) is 9.09. The Morgan fingerprint density at radius 2 is 1.92 bits per heavy atom. The summed E-state index contributed by atoms with van der Waals surface area (Å²) in [6, 6.07) is 14.5. The maximum Gasteiger partial charge on any atom is 0.335 e. The van der Waals surface area contributed by atoms with Crippen LogP contribution in [0.1, 0.15) is 34.3 Å². The minimum Gasteiger partial charge on any atom is -0.496 e. The first-order chi connectivity index (χ1) is 12.1. The van der Waals surface area contributed by atoms with Gasteiger partial charge in [0.05, 0.1) is 19.1 Å². The number of hydrogen-bond donors (Lipinski definition) is 1. The molecule has 0 saturated heterocycles. The number of ether oxygens (including phenoxy) is 1. The second-order valence-corrected chi connectivity index (χ2v) is 6.25. The van der Waals surface area contributed by atoms with E-state index in [0.29, 0.717) is 6.54 Å². The third kappa shape index (κ3) is 4.18. The van der Waals surface area contributed by atoms with Crippen LogP contribution in [0.5, 0.6) is 5.75 Å². The molecule has 0 heterocycles. The van der Waals surface area contributed by atoms with Crippen LogP contribution >= 0.6 is 0 Å². The largest absolute Gasteiger partial charge is 0.496 e. The number of carboxylic acids is 1. The van der Waals surface area contributed by atoms with E-state index in [4.69, 9.17) is 9.84 Å². The number of carbonyl (C=O) groups excluding carboxylic acids is 1. The zero-order valence-corrected chi connectivity index (χ0v) is 14.1. The highest BCUT2D eigenvalue weighted by Crippen LogP contribution is 2.31. The minimum atomic E-state index is -0.984. The number of amides is 1. The molecule has 1 fully saturated rings. The minimum absolute atomic E-state index is 0.0101. The molecule has 0 unspecified atom stereocenters. The number of nitrogens with zero attached hydrogens (tertiary/aromatic N) is 1. The quantitative estimate of drug-likeness (QED) is 0.841. The molecule has 3 rings (SSSR count). The van der Waals surface area contributed by atoms with E-state index in [-0.39, 0.29) is 23.9 Å². The number of methoxy groups -OCH3 is 1. The monoisotopic (exact) mass is 339 g/mol. The smallest absolute Gasteiger partial charge is 0.335 e. The SMILES string of the molecule is COc1ccccc1CN(C(=O)Cc1cccc(C(=O)O)c1)C1CC1. The Bertz CT molecular complexity index is 783. The van der Waals surface area contributed by atoms with Gasteiger partial charge in [-0.25, -0.2) is 4.79 Å². The Kier molecular flexibility index (Phi) is 5.03. The summed E-state index contributed by atoms with van der Waals surface area (Å²) in [7, 11) is 1.62. The number of carbonyl (C=O) groups is 2. The second kappa shape index (κ2) is 7.38. The van der Waals surface area contributed by atoms with Gasteiger partial charge in [-0.15, -0.1) is 0 Å². The number of benzene rings is 2. The lowest BCUT2D eigenvalue weighted by Crippen LogP contribution is -2.34. The van der Waals surface area contributed by atoms with E-state index in [0.717, 1.165) is 29.7 Å². The fourth-order valence-electron chi connectivity index (χ4n) is 2.91. The predicted octanol–water partition coefficient (Wildman–Crippen LogP) is 3.13. The average molecular weight is 339 g/mol. The second-order valence-electron chi connectivity index (χ2n) is 6.25. The van der Waals surface area contributed by atoms with Crippen LogP contribution in [0.2, 0.25) is 0 Å². The summed E-state index contributed by atoms with van der Waals surface area (Å²) in [5.74, 6) is -0.202. The van der Waals surface area contributed by atoms with E-state index in [9.17, 15) is 9.59 Å². The fourth-order valence-corrected chi connectivity index (χ4v) is 2.91. The van der Waals surface area contributed by atoms with Crippen molar-refractivity contribution in [2.24, 2.45) is 0 Å². The molecule has 5 heteroatoms. The number of rotatable bonds is 7. The molecule has 1 amide bonds. The van der Waals surface area contributed by atoms with Gasteiger partial charge in [-0.1, -0.05) is 30.3 Å². The van der Waals surface area contributed by atoms with Gasteiger partial charge >= 0.3 is 5.97 Å². The Labute approximate surface area is 146 Å². The highest BCUT2D eigenvalue weighted by molar-refractivity contribution is 5.88. The van der Waals surface area contributed by atoms with Gasteiger partial charge in [-0.2, -0.15) is 0 Å². The predicted molar refractivity (Wildman–Crippen MR) is 93.7 cm³/mol. The summed E-state index contributed by atoms with van der Waals surface area (Å²) < 4.78 is 5.38. The lowest BCUT2D eigenvalue weighted by molar-refractivity contribution is -0.131. The van der Waals surface area contributed by atoms with Crippen molar-refractivity contribution in [1.29, 1.82) is 0 Å². The number of carboxylic acid groups (broad SMARTS) is 1. The molecule has 5 nitrogen and oxygen atoms in total. The van der Waals surface area contributed by atoms with E-state index >= 15 is 0 Å². The number of para-hydroxylation sites is 1. The lowest BCUT2D eigenvalue weighted by Gasteiger charge is -2.23. The van der Waals surface area contributed by atoms with Crippen LogP contribution in [-0.4, -0.2) is 35.0 Å². The molecule has 0 atom stereocenters. The van der Waals surface area contributed by atoms with Crippen LogP contribution in [0.4, 0.5) is 0 Å². The van der Waals surface area contributed by atoms with E-state index in [2.05, 4.69) is 0 Å². The first-order valence-corrected chi connectivity index (χ1v) is 8.32. The zero-order chi connectivity index (χ0) is 17.8. The molecule has 0 aliphatic heterocycles. The van der Waals surface area contributed by atoms with Crippen molar-refractivity contribution < 1.29 is 19.4 Å². The van der Waals surface area contributed by atoms with E-state index in [1.807, 2.05) is 29.2 Å². The molecule has 0 radical (unpaired) electrons. The zero-order valence-electron chi connectivity index (χ0n) is 14.1. The molecule has 1 aliphatic rings. The van der Waals surface area contributed by atoms with E-state index in [1.165, 1.54) is 6.07 Å². The van der Waals surface area contributed by atoms with Crippen molar-refractivity contribution in [3.05, 3.63) is 65.2 Å². The molecule has 0 bridgehead atoms. The van der Waals surface area contributed by atoms with Gasteiger partial charge in [0, 0.05) is 18.2 Å². The maximum atomic E-state index is 12.8. The molecule has 0 aromatic heterocycles. The molecule has 1 N–H and O–H groups in total.